The maximum atomic E-state index is 13.9. The molecule has 1 aliphatic carbocycles. The van der Waals surface area contributed by atoms with Crippen molar-refractivity contribution in [1.82, 2.24) is 25.5 Å². The van der Waals surface area contributed by atoms with Crippen LogP contribution >= 0.6 is 0 Å². The van der Waals surface area contributed by atoms with Crippen LogP contribution in [0.3, 0.4) is 0 Å². The second-order valence-corrected chi connectivity index (χ2v) is 6.69. The molecular weight excluding hydrogens is 345 g/mol. The van der Waals surface area contributed by atoms with Gasteiger partial charge >= 0.3 is 0 Å². The SMILES string of the molecule is Cc1nc(CNC(=O)c2cc(-c3ccccc3F)n[nH]2)nc2c1CCCC2. The second kappa shape index (κ2) is 7.26. The van der Waals surface area contributed by atoms with Gasteiger partial charge in [-0.2, -0.15) is 5.10 Å². The van der Waals surface area contributed by atoms with Crippen molar-refractivity contribution in [1.29, 1.82) is 0 Å². The monoisotopic (exact) mass is 365 g/mol. The number of hydrogen-bond donors (Lipinski definition) is 2. The van der Waals surface area contributed by atoms with Crippen LogP contribution in [0, 0.1) is 12.7 Å². The lowest BCUT2D eigenvalue weighted by Crippen LogP contribution is -2.25. The zero-order chi connectivity index (χ0) is 18.8. The maximum Gasteiger partial charge on any atom is 0.269 e. The van der Waals surface area contributed by atoms with Crippen molar-refractivity contribution in [2.24, 2.45) is 0 Å². The van der Waals surface area contributed by atoms with Gasteiger partial charge in [0.15, 0.2) is 0 Å². The van der Waals surface area contributed by atoms with Crippen LogP contribution in [0.4, 0.5) is 4.39 Å². The Morgan fingerprint density at radius 2 is 2.04 bits per heavy atom. The molecule has 0 spiro atoms. The summed E-state index contributed by atoms with van der Waals surface area (Å²) in [6.07, 6.45) is 4.31. The van der Waals surface area contributed by atoms with Crippen molar-refractivity contribution in [3.8, 4) is 11.3 Å². The molecule has 2 N–H and O–H groups in total. The van der Waals surface area contributed by atoms with Gasteiger partial charge in [-0.1, -0.05) is 12.1 Å². The lowest BCUT2D eigenvalue weighted by molar-refractivity contribution is 0.0944. The number of carbonyl (C=O) groups is 1. The van der Waals surface area contributed by atoms with E-state index in [1.165, 1.54) is 24.1 Å². The molecule has 0 aliphatic heterocycles. The third-order valence-corrected chi connectivity index (χ3v) is 4.82. The Hall–Kier alpha value is -3.09. The van der Waals surface area contributed by atoms with Gasteiger partial charge in [-0.25, -0.2) is 14.4 Å². The molecular formula is C20H20FN5O. The van der Waals surface area contributed by atoms with E-state index in [1.54, 1.807) is 18.2 Å². The Labute approximate surface area is 156 Å². The Balaban J connectivity index is 1.46. The van der Waals surface area contributed by atoms with Crippen LogP contribution in [-0.2, 0) is 19.4 Å². The number of hydrogen-bond acceptors (Lipinski definition) is 4. The molecule has 1 amide bonds. The third kappa shape index (κ3) is 3.58. The average Bonchev–Trinajstić information content (AvgIpc) is 3.16. The van der Waals surface area contributed by atoms with Crippen molar-refractivity contribution >= 4 is 5.91 Å². The number of nitrogens with one attached hydrogen (secondary N) is 2. The fourth-order valence-electron chi connectivity index (χ4n) is 3.42. The molecule has 0 fully saturated rings. The van der Waals surface area contributed by atoms with Crippen molar-refractivity contribution in [2.75, 3.05) is 0 Å². The van der Waals surface area contributed by atoms with E-state index in [2.05, 4.69) is 25.5 Å². The van der Waals surface area contributed by atoms with Crippen LogP contribution in [0.5, 0.6) is 0 Å². The number of aromatic nitrogens is 4. The molecule has 1 aromatic carbocycles. The van der Waals surface area contributed by atoms with Crippen LogP contribution in [0.2, 0.25) is 0 Å². The van der Waals surface area contributed by atoms with Gasteiger partial charge in [-0.15, -0.1) is 0 Å². The molecule has 3 aromatic rings. The van der Waals surface area contributed by atoms with Gasteiger partial charge in [-0.05, 0) is 56.4 Å². The first-order chi connectivity index (χ1) is 13.1. The van der Waals surface area contributed by atoms with E-state index in [9.17, 15) is 9.18 Å². The van der Waals surface area contributed by atoms with Gasteiger partial charge in [0.25, 0.3) is 5.91 Å². The van der Waals surface area contributed by atoms with Gasteiger partial charge in [-0.3, -0.25) is 9.89 Å². The summed E-state index contributed by atoms with van der Waals surface area (Å²) in [5.74, 6) is -0.103. The van der Waals surface area contributed by atoms with E-state index in [4.69, 9.17) is 0 Å². The number of benzene rings is 1. The number of H-pyrrole nitrogens is 1. The summed E-state index contributed by atoms with van der Waals surface area (Å²) >= 11 is 0. The maximum absolute atomic E-state index is 13.9. The number of halogens is 1. The molecule has 6 nitrogen and oxygen atoms in total. The summed E-state index contributed by atoms with van der Waals surface area (Å²) in [4.78, 5) is 21.5. The molecule has 0 saturated carbocycles. The number of amides is 1. The van der Waals surface area contributed by atoms with E-state index in [-0.39, 0.29) is 24.0 Å². The van der Waals surface area contributed by atoms with Crippen LogP contribution < -0.4 is 5.32 Å². The summed E-state index contributed by atoms with van der Waals surface area (Å²) in [5.41, 5.74) is 4.34. The molecule has 0 atom stereocenters. The molecule has 7 heteroatoms. The highest BCUT2D eigenvalue weighted by molar-refractivity contribution is 5.93. The Kier molecular flexibility index (Phi) is 4.66. The fourth-order valence-corrected chi connectivity index (χ4v) is 3.42. The average molecular weight is 365 g/mol. The van der Waals surface area contributed by atoms with Crippen LogP contribution in [-0.4, -0.2) is 26.1 Å². The topological polar surface area (TPSA) is 83.6 Å². The van der Waals surface area contributed by atoms with Crippen molar-refractivity contribution in [3.05, 3.63) is 64.6 Å². The summed E-state index contributed by atoms with van der Waals surface area (Å²) in [5, 5.41) is 9.50. The van der Waals surface area contributed by atoms with E-state index < -0.39 is 0 Å². The minimum atomic E-state index is -0.381. The summed E-state index contributed by atoms with van der Waals surface area (Å²) in [6.45, 7) is 2.23. The zero-order valence-corrected chi connectivity index (χ0v) is 15.1. The molecule has 2 heterocycles. The Morgan fingerprint density at radius 3 is 2.89 bits per heavy atom. The predicted molar refractivity (Wildman–Crippen MR) is 98.6 cm³/mol. The number of fused-ring (bicyclic) bond motifs is 1. The fraction of sp³-hybridized carbons (Fsp3) is 0.300. The molecule has 4 rings (SSSR count). The first kappa shape index (κ1) is 17.3. The first-order valence-corrected chi connectivity index (χ1v) is 9.05. The number of carbonyl (C=O) groups excluding carboxylic acids is 1. The largest absolute Gasteiger partial charge is 0.343 e. The molecule has 0 radical (unpaired) electrons. The second-order valence-electron chi connectivity index (χ2n) is 6.69. The predicted octanol–water partition coefficient (Wildman–Crippen LogP) is 3.12. The summed E-state index contributed by atoms with van der Waals surface area (Å²) in [6, 6.07) is 7.85. The quantitative estimate of drug-likeness (QED) is 0.744. The highest BCUT2D eigenvalue weighted by atomic mass is 19.1. The highest BCUT2D eigenvalue weighted by Crippen LogP contribution is 2.22. The number of rotatable bonds is 4. The minimum Gasteiger partial charge on any atom is -0.343 e. The Bertz CT molecular complexity index is 998. The lowest BCUT2D eigenvalue weighted by atomic mass is 9.95. The van der Waals surface area contributed by atoms with Crippen molar-refractivity contribution in [2.45, 2.75) is 39.2 Å². The van der Waals surface area contributed by atoms with Gasteiger partial charge in [0.05, 0.1) is 12.2 Å². The molecule has 0 saturated heterocycles. The number of aryl methyl sites for hydroxylation is 2. The summed E-state index contributed by atoms with van der Waals surface area (Å²) in [7, 11) is 0. The smallest absolute Gasteiger partial charge is 0.269 e. The van der Waals surface area contributed by atoms with Crippen molar-refractivity contribution in [3.63, 3.8) is 0 Å². The van der Waals surface area contributed by atoms with Gasteiger partial charge in [0, 0.05) is 17.0 Å². The highest BCUT2D eigenvalue weighted by Gasteiger charge is 2.17. The normalized spacial score (nSPS) is 13.3. The van der Waals surface area contributed by atoms with E-state index >= 15 is 0 Å². The lowest BCUT2D eigenvalue weighted by Gasteiger charge is -2.17. The summed E-state index contributed by atoms with van der Waals surface area (Å²) < 4.78 is 13.9. The number of nitrogens with zero attached hydrogens (tertiary/aromatic N) is 3. The van der Waals surface area contributed by atoms with Crippen LogP contribution in [0.25, 0.3) is 11.3 Å². The van der Waals surface area contributed by atoms with Crippen LogP contribution in [0.15, 0.2) is 30.3 Å². The molecule has 27 heavy (non-hydrogen) atoms. The van der Waals surface area contributed by atoms with Gasteiger partial charge in [0.1, 0.15) is 17.3 Å². The van der Waals surface area contributed by atoms with E-state index in [0.717, 1.165) is 30.7 Å². The zero-order valence-electron chi connectivity index (χ0n) is 15.1. The molecule has 0 unspecified atom stereocenters. The van der Waals surface area contributed by atoms with Gasteiger partial charge < -0.3 is 5.32 Å². The molecule has 0 bridgehead atoms. The number of aromatic amines is 1. The van der Waals surface area contributed by atoms with Crippen LogP contribution in [0.1, 0.15) is 46.1 Å². The first-order valence-electron chi connectivity index (χ1n) is 9.05. The van der Waals surface area contributed by atoms with Gasteiger partial charge in [0.2, 0.25) is 0 Å². The molecule has 2 aromatic heterocycles. The standard InChI is InChI=1S/C20H20FN5O/c1-12-13-6-3-5-9-16(13)24-19(23-12)11-22-20(27)18-10-17(25-26-18)14-7-2-4-8-15(14)21/h2,4,7-8,10H,3,5-6,9,11H2,1H3,(H,22,27)(H,25,26). The van der Waals surface area contributed by atoms with E-state index in [1.807, 2.05) is 6.92 Å². The minimum absolute atomic E-state index is 0.237. The van der Waals surface area contributed by atoms with Crippen molar-refractivity contribution < 1.29 is 9.18 Å². The third-order valence-electron chi connectivity index (χ3n) is 4.82. The van der Waals surface area contributed by atoms with E-state index in [0.29, 0.717) is 17.1 Å². The molecule has 1 aliphatic rings. The molecule has 138 valence electrons. The Morgan fingerprint density at radius 1 is 1.22 bits per heavy atom.